The van der Waals surface area contributed by atoms with Gasteiger partial charge in [0.1, 0.15) is 11.5 Å². The molecule has 0 spiro atoms. The van der Waals surface area contributed by atoms with Crippen molar-refractivity contribution in [3.63, 3.8) is 0 Å². The van der Waals surface area contributed by atoms with Crippen LogP contribution in [0.25, 0.3) is 20.5 Å². The van der Waals surface area contributed by atoms with Crippen LogP contribution in [0.3, 0.4) is 0 Å². The topological polar surface area (TPSA) is 41.5 Å². The van der Waals surface area contributed by atoms with Crippen LogP contribution in [-0.2, 0) is 0 Å². The molecule has 0 aliphatic rings. The van der Waals surface area contributed by atoms with E-state index >= 15 is 0 Å². The lowest BCUT2D eigenvalue weighted by atomic mass is 10.1. The van der Waals surface area contributed by atoms with Crippen LogP contribution in [0, 0.1) is 0 Å². The van der Waals surface area contributed by atoms with Crippen molar-refractivity contribution in [3.8, 4) is 21.9 Å². The highest BCUT2D eigenvalue weighted by molar-refractivity contribution is 9.10. The molecule has 3 rings (SSSR count). The van der Waals surface area contributed by atoms with Gasteiger partial charge in [-0.25, -0.2) is 0 Å². The molecule has 0 bridgehead atoms. The quantitative estimate of drug-likeness (QED) is 0.613. The number of methoxy groups -OCH3 is 2. The first kappa shape index (κ1) is 14.4. The molecule has 0 radical (unpaired) electrons. The van der Waals surface area contributed by atoms with Gasteiger partial charge in [-0.15, -0.1) is 0 Å². The van der Waals surface area contributed by atoms with E-state index in [2.05, 4.69) is 15.9 Å². The lowest BCUT2D eigenvalue weighted by Crippen LogP contribution is -1.86. The SMILES string of the molecule is COc1ccc2c(Br)c(-c3ccccc3OC)[s+]([O-])c2c1. The van der Waals surface area contributed by atoms with Gasteiger partial charge >= 0.3 is 0 Å². The first-order valence-corrected chi connectivity index (χ1v) is 8.25. The molecule has 0 aliphatic heterocycles. The molecule has 2 aromatic carbocycles. The monoisotopic (exact) mass is 364 g/mol. The van der Waals surface area contributed by atoms with Crippen molar-refractivity contribution >= 4 is 36.8 Å². The van der Waals surface area contributed by atoms with Crippen molar-refractivity contribution in [2.75, 3.05) is 14.2 Å². The number of ether oxygens (including phenoxy) is 2. The summed E-state index contributed by atoms with van der Waals surface area (Å²) in [6.45, 7) is 0. The number of hydrogen-bond acceptors (Lipinski definition) is 3. The summed E-state index contributed by atoms with van der Waals surface area (Å²) in [5.41, 5.74) is 0.834. The molecule has 1 unspecified atom stereocenters. The molecule has 0 fully saturated rings. The smallest absolute Gasteiger partial charge is 0.198 e. The molecular formula is C16H13BrO3S. The van der Waals surface area contributed by atoms with E-state index in [0.29, 0.717) is 11.5 Å². The minimum Gasteiger partial charge on any atom is -0.590 e. The number of thiophene rings is 1. The largest absolute Gasteiger partial charge is 0.590 e. The summed E-state index contributed by atoms with van der Waals surface area (Å²) < 4.78 is 25.0. The maximum atomic E-state index is 12.9. The molecule has 108 valence electrons. The fourth-order valence-corrected chi connectivity index (χ4v) is 4.91. The van der Waals surface area contributed by atoms with Crippen molar-refractivity contribution in [3.05, 3.63) is 46.9 Å². The molecule has 0 N–H and O–H groups in total. The number of hydrogen-bond donors (Lipinski definition) is 0. The van der Waals surface area contributed by atoms with Gasteiger partial charge in [0.05, 0.1) is 29.6 Å². The van der Waals surface area contributed by atoms with Gasteiger partial charge < -0.3 is 14.0 Å². The van der Waals surface area contributed by atoms with Gasteiger partial charge in [0.2, 0.25) is 0 Å². The van der Waals surface area contributed by atoms with Gasteiger partial charge in [-0.3, -0.25) is 0 Å². The molecule has 1 atom stereocenters. The fourth-order valence-electron chi connectivity index (χ4n) is 2.33. The zero-order chi connectivity index (χ0) is 15.0. The van der Waals surface area contributed by atoms with Crippen LogP contribution in [0.1, 0.15) is 0 Å². The Bertz CT molecular complexity index is 811. The van der Waals surface area contributed by atoms with E-state index in [1.165, 1.54) is 0 Å². The van der Waals surface area contributed by atoms with Crippen molar-refractivity contribution < 1.29 is 14.0 Å². The van der Waals surface area contributed by atoms with Crippen LogP contribution in [0.15, 0.2) is 46.9 Å². The number of para-hydroxylation sites is 1. The molecule has 1 aromatic heterocycles. The Morgan fingerprint density at radius 3 is 2.52 bits per heavy atom. The van der Waals surface area contributed by atoms with E-state index in [-0.39, 0.29) is 0 Å². The molecule has 0 saturated carbocycles. The van der Waals surface area contributed by atoms with Gasteiger partial charge in [-0.05, 0) is 50.9 Å². The number of benzene rings is 2. The van der Waals surface area contributed by atoms with Crippen LogP contribution in [0.4, 0.5) is 0 Å². The van der Waals surface area contributed by atoms with E-state index < -0.39 is 10.8 Å². The van der Waals surface area contributed by atoms with Crippen molar-refractivity contribution in [1.82, 2.24) is 0 Å². The molecule has 3 nitrogen and oxygen atoms in total. The zero-order valence-corrected chi connectivity index (χ0v) is 14.0. The third kappa shape index (κ3) is 2.31. The Balaban J connectivity index is 2.33. The predicted molar refractivity (Wildman–Crippen MR) is 88.8 cm³/mol. The van der Waals surface area contributed by atoms with Gasteiger partial charge in [0, 0.05) is 6.07 Å². The lowest BCUT2D eigenvalue weighted by molar-refractivity contribution is 0.415. The summed E-state index contributed by atoms with van der Waals surface area (Å²) in [5, 5.41) is 0.926. The Morgan fingerprint density at radius 1 is 1.05 bits per heavy atom. The van der Waals surface area contributed by atoms with E-state index in [0.717, 1.165) is 25.0 Å². The molecule has 21 heavy (non-hydrogen) atoms. The first-order valence-electron chi connectivity index (χ1n) is 6.30. The Hall–Kier alpha value is -1.56. The number of fused-ring (bicyclic) bond motifs is 1. The molecular weight excluding hydrogens is 352 g/mol. The maximum Gasteiger partial charge on any atom is 0.198 e. The third-order valence-electron chi connectivity index (χ3n) is 3.36. The summed E-state index contributed by atoms with van der Waals surface area (Å²) in [4.78, 5) is 0.732. The van der Waals surface area contributed by atoms with Crippen molar-refractivity contribution in [2.24, 2.45) is 0 Å². The highest BCUT2D eigenvalue weighted by atomic mass is 79.9. The summed E-state index contributed by atoms with van der Waals surface area (Å²) in [6, 6.07) is 13.2. The van der Waals surface area contributed by atoms with Gasteiger partial charge in [-0.1, -0.05) is 12.1 Å². The van der Waals surface area contributed by atoms with E-state index in [1.807, 2.05) is 42.5 Å². The van der Waals surface area contributed by atoms with E-state index in [4.69, 9.17) is 9.47 Å². The average molecular weight is 365 g/mol. The van der Waals surface area contributed by atoms with Crippen LogP contribution in [-0.4, -0.2) is 18.8 Å². The van der Waals surface area contributed by atoms with E-state index in [1.54, 1.807) is 14.2 Å². The number of halogens is 1. The van der Waals surface area contributed by atoms with Crippen molar-refractivity contribution in [1.29, 1.82) is 0 Å². The fraction of sp³-hybridized carbons (Fsp3) is 0.125. The second-order valence-electron chi connectivity index (χ2n) is 4.47. The summed E-state index contributed by atoms with van der Waals surface area (Å²) in [7, 11) is 1.95. The molecule has 3 aromatic rings. The maximum absolute atomic E-state index is 12.9. The van der Waals surface area contributed by atoms with E-state index in [9.17, 15) is 4.55 Å². The first-order chi connectivity index (χ1) is 10.2. The Labute approximate surface area is 134 Å². The van der Waals surface area contributed by atoms with Crippen LogP contribution in [0.5, 0.6) is 11.5 Å². The minimum absolute atomic E-state index is 0.698. The normalized spacial score (nSPS) is 11.7. The van der Waals surface area contributed by atoms with Crippen LogP contribution >= 0.6 is 26.7 Å². The molecule has 0 amide bonds. The lowest BCUT2D eigenvalue weighted by Gasteiger charge is -2.06. The highest BCUT2D eigenvalue weighted by Crippen LogP contribution is 2.50. The molecule has 0 aliphatic carbocycles. The second-order valence-corrected chi connectivity index (χ2v) is 6.65. The second kappa shape index (κ2) is 5.67. The summed E-state index contributed by atoms with van der Waals surface area (Å²) in [6.07, 6.45) is 0. The Morgan fingerprint density at radius 2 is 1.81 bits per heavy atom. The molecule has 5 heteroatoms. The van der Waals surface area contributed by atoms with Gasteiger partial charge in [0.25, 0.3) is 0 Å². The Kier molecular flexibility index (Phi) is 3.89. The summed E-state index contributed by atoms with van der Waals surface area (Å²) in [5.74, 6) is 1.40. The molecule has 1 heterocycles. The average Bonchev–Trinajstić information content (AvgIpc) is 2.78. The van der Waals surface area contributed by atoms with Gasteiger partial charge in [0.15, 0.2) is 9.58 Å². The predicted octanol–water partition coefficient (Wildman–Crippen LogP) is 5.01. The van der Waals surface area contributed by atoms with Crippen molar-refractivity contribution in [2.45, 2.75) is 0 Å². The standard InChI is InChI=1S/C16H13BrO3S/c1-19-10-7-8-12-14(9-10)21(18)16(15(12)17)11-5-3-4-6-13(11)20-2/h3-9H,1-2H3. The number of rotatable bonds is 3. The zero-order valence-electron chi connectivity index (χ0n) is 11.6. The van der Waals surface area contributed by atoms with Gasteiger partial charge in [-0.2, -0.15) is 0 Å². The minimum atomic E-state index is -1.27. The van der Waals surface area contributed by atoms with Crippen LogP contribution in [0.2, 0.25) is 0 Å². The molecule has 0 saturated heterocycles. The summed E-state index contributed by atoms with van der Waals surface area (Å²) >= 11 is 3.58. The highest BCUT2D eigenvalue weighted by Gasteiger charge is 2.25. The third-order valence-corrected chi connectivity index (χ3v) is 5.98. The van der Waals surface area contributed by atoms with Crippen LogP contribution < -0.4 is 9.47 Å².